The normalized spacial score (nSPS) is 16.6. The number of aliphatic imine (C=N–C) groups is 1. The number of benzene rings is 1. The molecule has 8 nitrogen and oxygen atoms in total. The summed E-state index contributed by atoms with van der Waals surface area (Å²) in [5.74, 6) is 2.62. The molecule has 0 spiro atoms. The van der Waals surface area contributed by atoms with Gasteiger partial charge >= 0.3 is 0 Å². The fourth-order valence-electron chi connectivity index (χ4n) is 3.96. The van der Waals surface area contributed by atoms with Crippen molar-refractivity contribution in [1.29, 1.82) is 0 Å². The molecule has 1 aromatic heterocycles. The monoisotopic (exact) mass is 429 g/mol. The number of rotatable bonds is 9. The van der Waals surface area contributed by atoms with Gasteiger partial charge in [-0.2, -0.15) is 0 Å². The lowest BCUT2D eigenvalue weighted by molar-refractivity contribution is -0.129. The van der Waals surface area contributed by atoms with Crippen LogP contribution in [-0.2, 0) is 11.2 Å². The third-order valence-electron chi connectivity index (χ3n) is 5.59. The van der Waals surface area contributed by atoms with E-state index >= 15 is 0 Å². The molecule has 0 radical (unpaired) electrons. The van der Waals surface area contributed by atoms with E-state index in [0.717, 1.165) is 79.5 Å². The van der Waals surface area contributed by atoms with Crippen molar-refractivity contribution < 1.29 is 14.3 Å². The summed E-state index contributed by atoms with van der Waals surface area (Å²) in [5, 5.41) is 7.85. The summed E-state index contributed by atoms with van der Waals surface area (Å²) < 4.78 is 10.8. The summed E-state index contributed by atoms with van der Waals surface area (Å²) in [7, 11) is 3.33. The van der Waals surface area contributed by atoms with Gasteiger partial charge in [0.25, 0.3) is 0 Å². The number of amides is 1. The quantitative estimate of drug-likeness (QED) is 0.324. The molecule has 0 bridgehead atoms. The van der Waals surface area contributed by atoms with Crippen molar-refractivity contribution >= 4 is 22.8 Å². The lowest BCUT2D eigenvalue weighted by Crippen LogP contribution is -2.45. The van der Waals surface area contributed by atoms with Gasteiger partial charge in [0.1, 0.15) is 11.5 Å². The van der Waals surface area contributed by atoms with Crippen LogP contribution in [0, 0.1) is 0 Å². The Kier molecular flexibility index (Phi) is 8.03. The number of likely N-dealkylation sites (tertiary alicyclic amines) is 1. The molecule has 1 aliphatic rings. The van der Waals surface area contributed by atoms with Crippen molar-refractivity contribution in [2.45, 2.75) is 45.6 Å². The largest absolute Gasteiger partial charge is 0.497 e. The number of fused-ring (bicyclic) bond motifs is 1. The molecule has 31 heavy (non-hydrogen) atoms. The predicted molar refractivity (Wildman–Crippen MR) is 124 cm³/mol. The van der Waals surface area contributed by atoms with Crippen LogP contribution in [0.1, 0.15) is 38.8 Å². The molecule has 8 heteroatoms. The highest BCUT2D eigenvalue weighted by atomic mass is 16.5. The molecule has 1 saturated heterocycles. The molecular weight excluding hydrogens is 394 g/mol. The minimum absolute atomic E-state index is 0.221. The van der Waals surface area contributed by atoms with Crippen LogP contribution in [0.3, 0.4) is 0 Å². The number of carbonyl (C=O) groups excluding carboxylic acids is 1. The summed E-state index contributed by atoms with van der Waals surface area (Å²) in [6, 6.07) is 6.28. The van der Waals surface area contributed by atoms with Crippen LogP contribution in [-0.4, -0.2) is 68.2 Å². The number of aryl methyl sites for hydroxylation is 1. The van der Waals surface area contributed by atoms with Crippen LogP contribution < -0.4 is 20.1 Å². The highest BCUT2D eigenvalue weighted by molar-refractivity contribution is 5.88. The van der Waals surface area contributed by atoms with Crippen molar-refractivity contribution in [3.05, 3.63) is 23.9 Å². The van der Waals surface area contributed by atoms with E-state index in [4.69, 9.17) is 14.5 Å². The van der Waals surface area contributed by atoms with Crippen LogP contribution in [0.2, 0.25) is 0 Å². The number of nitrogens with zero attached hydrogens (tertiary/aromatic N) is 2. The summed E-state index contributed by atoms with van der Waals surface area (Å²) in [6.07, 6.45) is 3.34. The van der Waals surface area contributed by atoms with Gasteiger partial charge in [0.2, 0.25) is 5.91 Å². The molecule has 1 aromatic carbocycles. The van der Waals surface area contributed by atoms with Gasteiger partial charge in [0.05, 0.1) is 19.7 Å². The first-order valence-electron chi connectivity index (χ1n) is 11.1. The van der Waals surface area contributed by atoms with Crippen molar-refractivity contribution in [2.24, 2.45) is 4.99 Å². The summed E-state index contributed by atoms with van der Waals surface area (Å²) in [4.78, 5) is 22.0. The zero-order chi connectivity index (χ0) is 22.2. The number of nitrogens with one attached hydrogen (secondary N) is 3. The molecule has 0 saturated carbocycles. The van der Waals surface area contributed by atoms with Crippen molar-refractivity contribution in [1.82, 2.24) is 20.5 Å². The number of H-pyrrole nitrogens is 1. The molecule has 170 valence electrons. The van der Waals surface area contributed by atoms with Gasteiger partial charge in [-0.15, -0.1) is 0 Å². The Morgan fingerprint density at radius 1 is 1.26 bits per heavy atom. The van der Waals surface area contributed by atoms with Gasteiger partial charge in [-0.1, -0.05) is 6.92 Å². The molecule has 1 amide bonds. The average molecular weight is 430 g/mol. The topological polar surface area (TPSA) is 91.0 Å². The lowest BCUT2D eigenvalue weighted by atomic mass is 10.2. The molecule has 0 aliphatic carbocycles. The standard InChI is InChI=1S/C23H35N5O3/c1-5-22(29)28-11-9-17(15-28)27-23(24-6-2)25-10-7-8-16-12-19-20(26-16)13-18(30-3)14-21(19)31-4/h12-14,17,26H,5-11,15H2,1-4H3,(H2,24,25,27). The van der Waals surface area contributed by atoms with Crippen LogP contribution >= 0.6 is 0 Å². The predicted octanol–water partition coefficient (Wildman–Crippen LogP) is 2.68. The number of guanidine groups is 1. The Balaban J connectivity index is 1.55. The number of aromatic nitrogens is 1. The molecule has 1 unspecified atom stereocenters. The van der Waals surface area contributed by atoms with E-state index in [-0.39, 0.29) is 11.9 Å². The van der Waals surface area contributed by atoms with E-state index in [1.165, 1.54) is 0 Å². The first kappa shape index (κ1) is 22.8. The van der Waals surface area contributed by atoms with Crippen LogP contribution in [0.15, 0.2) is 23.2 Å². The number of ether oxygens (including phenoxy) is 2. The highest BCUT2D eigenvalue weighted by Gasteiger charge is 2.25. The Bertz CT molecular complexity index is 908. The third kappa shape index (κ3) is 5.83. The molecule has 1 aliphatic heterocycles. The second-order valence-electron chi connectivity index (χ2n) is 7.77. The smallest absolute Gasteiger partial charge is 0.222 e. The van der Waals surface area contributed by atoms with E-state index in [1.54, 1.807) is 14.2 Å². The Hall–Kier alpha value is -2.90. The Morgan fingerprint density at radius 2 is 2.10 bits per heavy atom. The first-order chi connectivity index (χ1) is 15.1. The van der Waals surface area contributed by atoms with Gasteiger partial charge in [-0.3, -0.25) is 9.79 Å². The van der Waals surface area contributed by atoms with Gasteiger partial charge in [-0.25, -0.2) is 0 Å². The Labute approximate surface area is 184 Å². The fourth-order valence-corrected chi connectivity index (χ4v) is 3.96. The summed E-state index contributed by atoms with van der Waals surface area (Å²) >= 11 is 0. The van der Waals surface area contributed by atoms with Crippen LogP contribution in [0.4, 0.5) is 0 Å². The summed E-state index contributed by atoms with van der Waals surface area (Å²) in [5.41, 5.74) is 2.16. The van der Waals surface area contributed by atoms with Gasteiger partial charge in [0.15, 0.2) is 5.96 Å². The van der Waals surface area contributed by atoms with E-state index < -0.39 is 0 Å². The zero-order valence-corrected chi connectivity index (χ0v) is 19.1. The van der Waals surface area contributed by atoms with Crippen molar-refractivity contribution in [3.63, 3.8) is 0 Å². The maximum atomic E-state index is 11.9. The molecule has 2 heterocycles. The van der Waals surface area contributed by atoms with Crippen LogP contribution in [0.5, 0.6) is 11.5 Å². The van der Waals surface area contributed by atoms with Crippen molar-refractivity contribution in [2.75, 3.05) is 40.4 Å². The van der Waals surface area contributed by atoms with Gasteiger partial charge in [-0.05, 0) is 32.3 Å². The summed E-state index contributed by atoms with van der Waals surface area (Å²) in [6.45, 7) is 7.06. The second kappa shape index (κ2) is 10.9. The number of aromatic amines is 1. The second-order valence-corrected chi connectivity index (χ2v) is 7.77. The molecule has 3 N–H and O–H groups in total. The van der Waals surface area contributed by atoms with Crippen LogP contribution in [0.25, 0.3) is 10.9 Å². The lowest BCUT2D eigenvalue weighted by Gasteiger charge is -2.18. The van der Waals surface area contributed by atoms with Crippen molar-refractivity contribution in [3.8, 4) is 11.5 Å². The maximum absolute atomic E-state index is 11.9. The van der Waals surface area contributed by atoms with E-state index in [1.807, 2.05) is 24.0 Å². The molecule has 3 rings (SSSR count). The molecule has 2 aromatic rings. The third-order valence-corrected chi connectivity index (χ3v) is 5.59. The minimum atomic E-state index is 0.221. The highest BCUT2D eigenvalue weighted by Crippen LogP contribution is 2.31. The Morgan fingerprint density at radius 3 is 2.81 bits per heavy atom. The number of methoxy groups -OCH3 is 2. The van der Waals surface area contributed by atoms with E-state index in [9.17, 15) is 4.79 Å². The van der Waals surface area contributed by atoms with Gasteiger partial charge in [0, 0.05) is 61.9 Å². The molecule has 1 atom stereocenters. The maximum Gasteiger partial charge on any atom is 0.222 e. The number of carbonyl (C=O) groups is 1. The molecular formula is C23H35N5O3. The fraction of sp³-hybridized carbons (Fsp3) is 0.565. The van der Waals surface area contributed by atoms with Gasteiger partial charge < -0.3 is 30.0 Å². The minimum Gasteiger partial charge on any atom is -0.497 e. The number of hydrogen-bond acceptors (Lipinski definition) is 4. The first-order valence-corrected chi connectivity index (χ1v) is 11.1. The SMILES string of the molecule is CCNC(=NCCCc1cc2c(OC)cc(OC)cc2[nH]1)NC1CCN(C(=O)CC)C1. The zero-order valence-electron chi connectivity index (χ0n) is 19.1. The number of hydrogen-bond donors (Lipinski definition) is 3. The molecule has 1 fully saturated rings. The van der Waals surface area contributed by atoms with E-state index in [2.05, 4.69) is 28.6 Å². The average Bonchev–Trinajstić information content (AvgIpc) is 3.42. The van der Waals surface area contributed by atoms with E-state index in [0.29, 0.717) is 6.42 Å².